The van der Waals surface area contributed by atoms with Crippen LogP contribution in [0.2, 0.25) is 0 Å². The summed E-state index contributed by atoms with van der Waals surface area (Å²) in [6.45, 7) is 1.72. The van der Waals surface area contributed by atoms with Crippen LogP contribution >= 0.6 is 0 Å². The van der Waals surface area contributed by atoms with Crippen LogP contribution in [0.15, 0.2) is 24.3 Å². The minimum Gasteiger partial charge on any atom is -0.493 e. The maximum Gasteiger partial charge on any atom is 0.310 e. The summed E-state index contributed by atoms with van der Waals surface area (Å²) in [4.78, 5) is 11.2. The Morgan fingerprint density at radius 1 is 1.47 bits per heavy atom. The van der Waals surface area contributed by atoms with E-state index in [1.807, 2.05) is 6.07 Å². The molecule has 0 saturated carbocycles. The van der Waals surface area contributed by atoms with Gasteiger partial charge in [-0.05, 0) is 31.2 Å². The van der Waals surface area contributed by atoms with E-state index in [1.165, 1.54) is 6.92 Å². The summed E-state index contributed by atoms with van der Waals surface area (Å²) < 4.78 is 10.1. The van der Waals surface area contributed by atoms with Crippen LogP contribution in [-0.2, 0) is 9.53 Å². The third kappa shape index (κ3) is 4.89. The summed E-state index contributed by atoms with van der Waals surface area (Å²) >= 11 is 0. The molecule has 1 rings (SSSR count). The molecule has 0 fully saturated rings. The quantitative estimate of drug-likeness (QED) is 0.616. The SMILES string of the molecule is CC(C#N)OC(=O)CCOc1ccc(N)cc1. The van der Waals surface area contributed by atoms with Crippen molar-refractivity contribution in [1.29, 1.82) is 5.26 Å². The van der Waals surface area contributed by atoms with E-state index in [0.29, 0.717) is 11.4 Å². The van der Waals surface area contributed by atoms with E-state index in [1.54, 1.807) is 24.3 Å². The van der Waals surface area contributed by atoms with Gasteiger partial charge in [0.1, 0.15) is 11.8 Å². The molecular formula is C12H14N2O3. The van der Waals surface area contributed by atoms with Gasteiger partial charge in [-0.15, -0.1) is 0 Å². The number of esters is 1. The molecule has 0 aliphatic carbocycles. The summed E-state index contributed by atoms with van der Waals surface area (Å²) in [6, 6.07) is 8.68. The van der Waals surface area contributed by atoms with Crippen LogP contribution in [0.4, 0.5) is 5.69 Å². The molecule has 1 aromatic rings. The van der Waals surface area contributed by atoms with Crippen LogP contribution < -0.4 is 10.5 Å². The van der Waals surface area contributed by atoms with Gasteiger partial charge in [0, 0.05) is 5.69 Å². The van der Waals surface area contributed by atoms with E-state index >= 15 is 0 Å². The van der Waals surface area contributed by atoms with Crippen molar-refractivity contribution in [2.45, 2.75) is 19.4 Å². The molecule has 0 spiro atoms. The molecule has 90 valence electrons. The Hall–Kier alpha value is -2.22. The molecule has 1 unspecified atom stereocenters. The van der Waals surface area contributed by atoms with Gasteiger partial charge in [-0.2, -0.15) is 5.26 Å². The minimum absolute atomic E-state index is 0.108. The Labute approximate surface area is 99.7 Å². The van der Waals surface area contributed by atoms with Crippen molar-refractivity contribution in [2.24, 2.45) is 0 Å². The van der Waals surface area contributed by atoms with Crippen molar-refractivity contribution >= 4 is 11.7 Å². The predicted octanol–water partition coefficient (Wildman–Crippen LogP) is 1.49. The predicted molar refractivity (Wildman–Crippen MR) is 62.1 cm³/mol. The number of nitrogens with two attached hydrogens (primary N) is 1. The number of nitrogens with zero attached hydrogens (tertiary/aromatic N) is 1. The van der Waals surface area contributed by atoms with Gasteiger partial charge in [0.2, 0.25) is 0 Å². The Balaban J connectivity index is 2.26. The van der Waals surface area contributed by atoms with Gasteiger partial charge in [-0.25, -0.2) is 0 Å². The first-order valence-electron chi connectivity index (χ1n) is 5.19. The Bertz CT molecular complexity index is 409. The van der Waals surface area contributed by atoms with Gasteiger partial charge < -0.3 is 15.2 Å². The highest BCUT2D eigenvalue weighted by atomic mass is 16.5. The van der Waals surface area contributed by atoms with E-state index in [2.05, 4.69) is 0 Å². The van der Waals surface area contributed by atoms with Gasteiger partial charge >= 0.3 is 5.97 Å². The number of rotatable bonds is 5. The average molecular weight is 234 g/mol. The maximum atomic E-state index is 11.2. The number of hydrogen-bond acceptors (Lipinski definition) is 5. The third-order valence-electron chi connectivity index (χ3n) is 1.95. The van der Waals surface area contributed by atoms with E-state index in [0.717, 1.165) is 0 Å². The standard InChI is InChI=1S/C12H14N2O3/c1-9(8-13)17-12(15)6-7-16-11-4-2-10(14)3-5-11/h2-5,9H,6-7,14H2,1H3. The molecule has 5 heteroatoms. The molecule has 0 heterocycles. The van der Waals surface area contributed by atoms with Crippen LogP contribution in [0.1, 0.15) is 13.3 Å². The van der Waals surface area contributed by atoms with Crippen LogP contribution in [0.3, 0.4) is 0 Å². The summed E-state index contributed by atoms with van der Waals surface area (Å²) in [6.07, 6.45) is -0.616. The van der Waals surface area contributed by atoms with Gasteiger partial charge in [-0.1, -0.05) is 0 Å². The summed E-state index contributed by atoms with van der Waals surface area (Å²) in [5.74, 6) is 0.190. The van der Waals surface area contributed by atoms with Gasteiger partial charge in [0.05, 0.1) is 13.0 Å². The summed E-state index contributed by atoms with van der Waals surface area (Å²) in [5, 5.41) is 8.44. The van der Waals surface area contributed by atoms with E-state index < -0.39 is 12.1 Å². The molecular weight excluding hydrogens is 220 g/mol. The normalized spacial score (nSPS) is 11.3. The number of carbonyl (C=O) groups excluding carboxylic acids is 1. The molecule has 0 aliphatic rings. The molecule has 0 aromatic heterocycles. The lowest BCUT2D eigenvalue weighted by atomic mass is 10.3. The number of hydrogen-bond donors (Lipinski definition) is 1. The zero-order chi connectivity index (χ0) is 12.7. The van der Waals surface area contributed by atoms with Crippen molar-refractivity contribution < 1.29 is 14.3 Å². The van der Waals surface area contributed by atoms with E-state index in [4.69, 9.17) is 20.5 Å². The second kappa shape index (κ2) is 6.38. The lowest BCUT2D eigenvalue weighted by Gasteiger charge is -2.07. The molecule has 0 amide bonds. The highest BCUT2D eigenvalue weighted by Gasteiger charge is 2.08. The number of nitriles is 1. The molecule has 1 aromatic carbocycles. The van der Waals surface area contributed by atoms with Gasteiger partial charge in [0.25, 0.3) is 0 Å². The van der Waals surface area contributed by atoms with Crippen molar-refractivity contribution in [3.63, 3.8) is 0 Å². The van der Waals surface area contributed by atoms with Crippen LogP contribution in [0.25, 0.3) is 0 Å². The summed E-state index contributed by atoms with van der Waals surface area (Å²) in [7, 11) is 0. The van der Waals surface area contributed by atoms with Crippen LogP contribution in [-0.4, -0.2) is 18.7 Å². The smallest absolute Gasteiger partial charge is 0.310 e. The molecule has 2 N–H and O–H groups in total. The Morgan fingerprint density at radius 3 is 2.71 bits per heavy atom. The fourth-order valence-electron chi connectivity index (χ4n) is 1.10. The second-order valence-corrected chi connectivity index (χ2v) is 3.43. The highest BCUT2D eigenvalue weighted by molar-refractivity contribution is 5.69. The number of benzene rings is 1. The number of nitrogen functional groups attached to an aromatic ring is 1. The van der Waals surface area contributed by atoms with Crippen LogP contribution in [0.5, 0.6) is 5.75 Å². The largest absolute Gasteiger partial charge is 0.493 e. The first-order valence-corrected chi connectivity index (χ1v) is 5.19. The highest BCUT2D eigenvalue weighted by Crippen LogP contribution is 2.13. The lowest BCUT2D eigenvalue weighted by molar-refractivity contribution is -0.146. The topological polar surface area (TPSA) is 85.3 Å². The summed E-state index contributed by atoms with van der Waals surface area (Å²) in [5.41, 5.74) is 6.17. The van der Waals surface area contributed by atoms with Crippen molar-refractivity contribution in [3.8, 4) is 11.8 Å². The molecule has 1 atom stereocenters. The average Bonchev–Trinajstić information content (AvgIpc) is 2.31. The van der Waals surface area contributed by atoms with Gasteiger partial charge in [-0.3, -0.25) is 4.79 Å². The molecule has 5 nitrogen and oxygen atoms in total. The zero-order valence-corrected chi connectivity index (χ0v) is 9.55. The monoisotopic (exact) mass is 234 g/mol. The lowest BCUT2D eigenvalue weighted by Crippen LogP contribution is -2.15. The van der Waals surface area contributed by atoms with E-state index in [9.17, 15) is 4.79 Å². The number of anilines is 1. The minimum atomic E-state index is -0.723. The van der Waals surface area contributed by atoms with E-state index in [-0.39, 0.29) is 13.0 Å². The number of ether oxygens (including phenoxy) is 2. The fourth-order valence-corrected chi connectivity index (χ4v) is 1.10. The van der Waals surface area contributed by atoms with Gasteiger partial charge in [0.15, 0.2) is 6.10 Å². The first-order chi connectivity index (χ1) is 8.11. The molecule has 17 heavy (non-hydrogen) atoms. The van der Waals surface area contributed by atoms with Crippen LogP contribution in [0, 0.1) is 11.3 Å². The Kier molecular flexibility index (Phi) is 4.82. The molecule has 0 bridgehead atoms. The fraction of sp³-hybridized carbons (Fsp3) is 0.333. The van der Waals surface area contributed by atoms with Crippen molar-refractivity contribution in [3.05, 3.63) is 24.3 Å². The molecule has 0 saturated heterocycles. The molecule has 0 aliphatic heterocycles. The van der Waals surface area contributed by atoms with Crippen molar-refractivity contribution in [1.82, 2.24) is 0 Å². The Morgan fingerprint density at radius 2 is 2.12 bits per heavy atom. The zero-order valence-electron chi connectivity index (χ0n) is 9.55. The third-order valence-corrected chi connectivity index (χ3v) is 1.95. The van der Waals surface area contributed by atoms with Crippen molar-refractivity contribution in [2.75, 3.05) is 12.3 Å². The second-order valence-electron chi connectivity index (χ2n) is 3.43. The number of carbonyl (C=O) groups is 1. The maximum absolute atomic E-state index is 11.2. The molecule has 0 radical (unpaired) electrons. The first kappa shape index (κ1) is 12.8.